The summed E-state index contributed by atoms with van der Waals surface area (Å²) in [6.07, 6.45) is 3.87. The molecule has 1 heterocycles. The van der Waals surface area contributed by atoms with Gasteiger partial charge in [-0.2, -0.15) is 0 Å². The maximum Gasteiger partial charge on any atom is 0.0791 e. The molecule has 0 aromatic rings. The monoisotopic (exact) mass is 228 g/mol. The largest absolute Gasteiger partial charge is 0.390 e. The zero-order valence-corrected chi connectivity index (χ0v) is 10.4. The molecule has 1 aliphatic heterocycles. The second-order valence-electron chi connectivity index (χ2n) is 5.39. The number of rotatable bonds is 6. The molecule has 0 bridgehead atoms. The SMILES string of the molecule is CN(C)CC(O)CNC1CCOC1C1CC1. The average Bonchev–Trinajstić information content (AvgIpc) is 2.94. The van der Waals surface area contributed by atoms with Gasteiger partial charge in [0.25, 0.3) is 0 Å². The van der Waals surface area contributed by atoms with Crippen LogP contribution < -0.4 is 5.32 Å². The summed E-state index contributed by atoms with van der Waals surface area (Å²) in [6.45, 7) is 2.27. The normalized spacial score (nSPS) is 32.2. The van der Waals surface area contributed by atoms with Gasteiger partial charge in [-0.25, -0.2) is 0 Å². The zero-order chi connectivity index (χ0) is 11.5. The van der Waals surface area contributed by atoms with E-state index in [9.17, 15) is 5.11 Å². The summed E-state index contributed by atoms with van der Waals surface area (Å²) in [5.41, 5.74) is 0. The Labute approximate surface area is 98.0 Å². The molecule has 0 radical (unpaired) electrons. The van der Waals surface area contributed by atoms with Crippen molar-refractivity contribution in [3.05, 3.63) is 0 Å². The average molecular weight is 228 g/mol. The number of likely N-dealkylation sites (N-methyl/N-ethyl adjacent to an activating group) is 1. The molecular formula is C12H24N2O2. The van der Waals surface area contributed by atoms with Crippen LogP contribution in [0.25, 0.3) is 0 Å². The van der Waals surface area contributed by atoms with Crippen molar-refractivity contribution in [1.82, 2.24) is 10.2 Å². The maximum absolute atomic E-state index is 9.78. The van der Waals surface area contributed by atoms with Crippen molar-refractivity contribution in [1.29, 1.82) is 0 Å². The summed E-state index contributed by atoms with van der Waals surface area (Å²) in [5.74, 6) is 0.783. The van der Waals surface area contributed by atoms with E-state index in [-0.39, 0.29) is 6.10 Å². The number of aliphatic hydroxyl groups is 1. The summed E-state index contributed by atoms with van der Waals surface area (Å²) in [6, 6.07) is 0.462. The lowest BCUT2D eigenvalue weighted by Crippen LogP contribution is -2.43. The van der Waals surface area contributed by atoms with Gasteiger partial charge in [-0.3, -0.25) is 0 Å². The van der Waals surface area contributed by atoms with Crippen LogP contribution in [0.15, 0.2) is 0 Å². The van der Waals surface area contributed by atoms with E-state index in [1.165, 1.54) is 12.8 Å². The Morgan fingerprint density at radius 2 is 2.12 bits per heavy atom. The Bertz CT molecular complexity index is 219. The van der Waals surface area contributed by atoms with Gasteiger partial charge in [0.1, 0.15) is 0 Å². The maximum atomic E-state index is 9.78. The summed E-state index contributed by atoms with van der Waals surface area (Å²) in [4.78, 5) is 2.01. The van der Waals surface area contributed by atoms with Crippen molar-refractivity contribution in [2.24, 2.45) is 5.92 Å². The highest BCUT2D eigenvalue weighted by Gasteiger charge is 2.40. The van der Waals surface area contributed by atoms with E-state index in [4.69, 9.17) is 4.74 Å². The molecule has 0 aromatic heterocycles. The number of nitrogens with one attached hydrogen (secondary N) is 1. The van der Waals surface area contributed by atoms with E-state index in [1.54, 1.807) is 0 Å². The molecule has 16 heavy (non-hydrogen) atoms. The van der Waals surface area contributed by atoms with Crippen LogP contribution in [-0.4, -0.2) is 62.0 Å². The van der Waals surface area contributed by atoms with Gasteiger partial charge in [0.15, 0.2) is 0 Å². The lowest BCUT2D eigenvalue weighted by molar-refractivity contribution is 0.0748. The van der Waals surface area contributed by atoms with Crippen LogP contribution in [0, 0.1) is 5.92 Å². The minimum Gasteiger partial charge on any atom is -0.390 e. The minimum absolute atomic E-state index is 0.282. The standard InChI is InChI=1S/C12H24N2O2/c1-14(2)8-10(15)7-13-11-5-6-16-12(11)9-3-4-9/h9-13,15H,3-8H2,1-2H3. The van der Waals surface area contributed by atoms with Crippen LogP contribution in [0.5, 0.6) is 0 Å². The smallest absolute Gasteiger partial charge is 0.0791 e. The molecule has 2 N–H and O–H groups in total. The van der Waals surface area contributed by atoms with Crippen molar-refractivity contribution >= 4 is 0 Å². The van der Waals surface area contributed by atoms with Crippen molar-refractivity contribution in [2.45, 2.75) is 37.5 Å². The highest BCUT2D eigenvalue weighted by Crippen LogP contribution is 2.38. The first-order valence-electron chi connectivity index (χ1n) is 6.34. The van der Waals surface area contributed by atoms with Crippen molar-refractivity contribution in [3.63, 3.8) is 0 Å². The Morgan fingerprint density at radius 3 is 2.75 bits per heavy atom. The molecular weight excluding hydrogens is 204 g/mol. The number of aliphatic hydroxyl groups excluding tert-OH is 1. The second-order valence-corrected chi connectivity index (χ2v) is 5.39. The molecule has 2 rings (SSSR count). The fourth-order valence-corrected chi connectivity index (χ4v) is 2.49. The fourth-order valence-electron chi connectivity index (χ4n) is 2.49. The molecule has 0 aromatic carbocycles. The molecule has 3 atom stereocenters. The van der Waals surface area contributed by atoms with E-state index in [0.717, 1.165) is 18.9 Å². The molecule has 2 fully saturated rings. The lowest BCUT2D eigenvalue weighted by atomic mass is 10.1. The predicted molar refractivity (Wildman–Crippen MR) is 63.4 cm³/mol. The van der Waals surface area contributed by atoms with Crippen LogP contribution in [0.1, 0.15) is 19.3 Å². The van der Waals surface area contributed by atoms with Crippen LogP contribution in [0.2, 0.25) is 0 Å². The number of hydrogen-bond donors (Lipinski definition) is 2. The third-order valence-electron chi connectivity index (χ3n) is 3.41. The molecule has 3 unspecified atom stereocenters. The van der Waals surface area contributed by atoms with Crippen LogP contribution in [0.3, 0.4) is 0 Å². The third kappa shape index (κ3) is 3.42. The van der Waals surface area contributed by atoms with Gasteiger partial charge >= 0.3 is 0 Å². The lowest BCUT2D eigenvalue weighted by Gasteiger charge is -2.22. The van der Waals surface area contributed by atoms with E-state index in [2.05, 4.69) is 5.32 Å². The van der Waals surface area contributed by atoms with E-state index < -0.39 is 0 Å². The zero-order valence-electron chi connectivity index (χ0n) is 10.4. The van der Waals surface area contributed by atoms with Crippen molar-refractivity contribution in [3.8, 4) is 0 Å². The molecule has 1 aliphatic carbocycles. The Hall–Kier alpha value is -0.160. The topological polar surface area (TPSA) is 44.7 Å². The summed E-state index contributed by atoms with van der Waals surface area (Å²) >= 11 is 0. The summed E-state index contributed by atoms with van der Waals surface area (Å²) in [5, 5.41) is 13.2. The molecule has 0 amide bonds. The molecule has 1 saturated heterocycles. The van der Waals surface area contributed by atoms with Gasteiger partial charge < -0.3 is 20.1 Å². The summed E-state index contributed by atoms with van der Waals surface area (Å²) < 4.78 is 5.75. The number of ether oxygens (including phenoxy) is 1. The van der Waals surface area contributed by atoms with Gasteiger partial charge in [-0.15, -0.1) is 0 Å². The molecule has 4 heteroatoms. The number of nitrogens with zero attached hydrogens (tertiary/aromatic N) is 1. The Balaban J connectivity index is 1.68. The molecule has 4 nitrogen and oxygen atoms in total. The quantitative estimate of drug-likeness (QED) is 0.675. The second kappa shape index (κ2) is 5.45. The first-order valence-corrected chi connectivity index (χ1v) is 6.34. The fraction of sp³-hybridized carbons (Fsp3) is 1.00. The van der Waals surface area contributed by atoms with Crippen LogP contribution >= 0.6 is 0 Å². The first-order chi connectivity index (χ1) is 7.66. The molecule has 0 spiro atoms. The highest BCUT2D eigenvalue weighted by molar-refractivity contribution is 4.93. The number of hydrogen-bond acceptors (Lipinski definition) is 4. The molecule has 2 aliphatic rings. The first kappa shape index (κ1) is 12.3. The van der Waals surface area contributed by atoms with E-state index in [0.29, 0.717) is 25.2 Å². The Morgan fingerprint density at radius 1 is 1.38 bits per heavy atom. The van der Waals surface area contributed by atoms with Gasteiger partial charge in [-0.05, 0) is 39.3 Å². The summed E-state index contributed by atoms with van der Waals surface area (Å²) in [7, 11) is 3.96. The predicted octanol–water partition coefficient (Wildman–Crippen LogP) is 0.0660. The third-order valence-corrected chi connectivity index (χ3v) is 3.41. The Kier molecular flexibility index (Phi) is 4.19. The van der Waals surface area contributed by atoms with Gasteiger partial charge in [0.2, 0.25) is 0 Å². The highest BCUT2D eigenvalue weighted by atomic mass is 16.5. The van der Waals surface area contributed by atoms with Crippen LogP contribution in [-0.2, 0) is 4.74 Å². The van der Waals surface area contributed by atoms with Gasteiger partial charge in [0, 0.05) is 25.7 Å². The van der Waals surface area contributed by atoms with E-state index in [1.807, 2.05) is 19.0 Å². The van der Waals surface area contributed by atoms with Gasteiger partial charge in [-0.1, -0.05) is 0 Å². The van der Waals surface area contributed by atoms with Crippen LogP contribution in [0.4, 0.5) is 0 Å². The van der Waals surface area contributed by atoms with Crippen molar-refractivity contribution < 1.29 is 9.84 Å². The molecule has 94 valence electrons. The molecule has 1 saturated carbocycles. The van der Waals surface area contributed by atoms with E-state index >= 15 is 0 Å². The minimum atomic E-state index is -0.282. The van der Waals surface area contributed by atoms with Crippen molar-refractivity contribution in [2.75, 3.05) is 33.8 Å². The van der Waals surface area contributed by atoms with Gasteiger partial charge in [0.05, 0.1) is 12.2 Å².